The maximum Gasteiger partial charge on any atom is 0.305 e. The van der Waals surface area contributed by atoms with E-state index in [2.05, 4.69) is 0 Å². The molecule has 1 aliphatic heterocycles. The highest BCUT2D eigenvalue weighted by Crippen LogP contribution is 2.28. The number of likely N-dealkylation sites (tertiary alicyclic amines) is 1. The Morgan fingerprint density at radius 2 is 1.95 bits per heavy atom. The molecule has 0 radical (unpaired) electrons. The molecular weight excluding hydrogens is 253 g/mol. The summed E-state index contributed by atoms with van der Waals surface area (Å²) in [4.78, 5) is 35.1. The normalized spacial score (nSPS) is 16.8. The van der Waals surface area contributed by atoms with Crippen LogP contribution in [-0.4, -0.2) is 34.2 Å². The van der Waals surface area contributed by atoms with Crippen molar-refractivity contribution in [2.75, 3.05) is 6.54 Å². The molecule has 1 heterocycles. The molecule has 0 aliphatic carbocycles. The summed E-state index contributed by atoms with van der Waals surface area (Å²) in [5.74, 6) is -2.15. The third kappa shape index (κ3) is 2.96. The molecule has 1 unspecified atom stereocenters. The van der Waals surface area contributed by atoms with E-state index in [1.54, 1.807) is 0 Å². The molecule has 100 valence electrons. The molecule has 1 aliphatic rings. The van der Waals surface area contributed by atoms with Crippen LogP contribution in [0.25, 0.3) is 0 Å². The van der Waals surface area contributed by atoms with Crippen LogP contribution in [0.1, 0.15) is 24.4 Å². The number of carbonyl (C=O) groups excluding carboxylic acids is 2. The molecular formula is C13H12FNO4. The molecule has 5 nitrogen and oxygen atoms in total. The summed E-state index contributed by atoms with van der Waals surface area (Å²) in [6.07, 6.45) is -0.512. The SMILES string of the molecule is O=C(O)CC(c1ccc(F)cc1)N1CC(=O)CC1=O. The zero-order valence-electron chi connectivity index (χ0n) is 10.0. The molecule has 1 atom stereocenters. The van der Waals surface area contributed by atoms with E-state index in [0.29, 0.717) is 5.56 Å². The molecule has 6 heteroatoms. The number of aliphatic carboxylic acids is 1. The van der Waals surface area contributed by atoms with Crippen molar-refractivity contribution in [2.24, 2.45) is 0 Å². The molecule has 1 fully saturated rings. The van der Waals surface area contributed by atoms with Crippen molar-refractivity contribution in [3.8, 4) is 0 Å². The van der Waals surface area contributed by atoms with Crippen molar-refractivity contribution in [1.82, 2.24) is 4.90 Å². The second-order valence-corrected chi connectivity index (χ2v) is 4.40. The first-order valence-corrected chi connectivity index (χ1v) is 5.76. The minimum atomic E-state index is -1.08. The lowest BCUT2D eigenvalue weighted by molar-refractivity contribution is -0.140. The largest absolute Gasteiger partial charge is 0.481 e. The van der Waals surface area contributed by atoms with E-state index in [-0.39, 0.29) is 31.1 Å². The number of hydrogen-bond donors (Lipinski definition) is 1. The Hall–Kier alpha value is -2.24. The Morgan fingerprint density at radius 1 is 1.32 bits per heavy atom. The van der Waals surface area contributed by atoms with E-state index >= 15 is 0 Å². The number of nitrogens with zero attached hydrogens (tertiary/aromatic N) is 1. The third-order valence-corrected chi connectivity index (χ3v) is 3.01. The summed E-state index contributed by atoms with van der Waals surface area (Å²) < 4.78 is 12.9. The van der Waals surface area contributed by atoms with Gasteiger partial charge in [0.2, 0.25) is 5.91 Å². The average molecular weight is 265 g/mol. The zero-order chi connectivity index (χ0) is 14.0. The first kappa shape index (κ1) is 13.2. The number of Topliss-reactive ketones (excluding diaryl/α,β-unsaturated/α-hetero) is 1. The first-order chi connectivity index (χ1) is 8.97. The predicted octanol–water partition coefficient (Wildman–Crippen LogP) is 1.14. The molecule has 1 N–H and O–H groups in total. The van der Waals surface area contributed by atoms with Crippen molar-refractivity contribution in [2.45, 2.75) is 18.9 Å². The fourth-order valence-corrected chi connectivity index (χ4v) is 2.15. The van der Waals surface area contributed by atoms with Gasteiger partial charge in [0.05, 0.1) is 25.4 Å². The van der Waals surface area contributed by atoms with Crippen LogP contribution in [0.2, 0.25) is 0 Å². The summed E-state index contributed by atoms with van der Waals surface area (Å²) in [6, 6.07) is 4.52. The topological polar surface area (TPSA) is 74.7 Å². The number of carboxylic acid groups (broad SMARTS) is 1. The monoisotopic (exact) mass is 265 g/mol. The van der Waals surface area contributed by atoms with Gasteiger partial charge in [0.1, 0.15) is 5.82 Å². The molecule has 1 aromatic rings. The molecule has 0 bridgehead atoms. The van der Waals surface area contributed by atoms with Crippen LogP contribution >= 0.6 is 0 Å². The van der Waals surface area contributed by atoms with Crippen LogP contribution < -0.4 is 0 Å². The van der Waals surface area contributed by atoms with Crippen LogP contribution in [0.3, 0.4) is 0 Å². The second kappa shape index (κ2) is 5.17. The number of rotatable bonds is 4. The van der Waals surface area contributed by atoms with Crippen molar-refractivity contribution < 1.29 is 23.9 Å². The number of halogens is 1. The van der Waals surface area contributed by atoms with Gasteiger partial charge in [-0.2, -0.15) is 0 Å². The minimum Gasteiger partial charge on any atom is -0.481 e. The number of carbonyl (C=O) groups is 3. The maximum absolute atomic E-state index is 12.9. The van der Waals surface area contributed by atoms with Gasteiger partial charge >= 0.3 is 5.97 Å². The van der Waals surface area contributed by atoms with Crippen LogP contribution in [0.5, 0.6) is 0 Å². The number of amides is 1. The highest BCUT2D eigenvalue weighted by molar-refractivity contribution is 6.05. The smallest absolute Gasteiger partial charge is 0.305 e. The average Bonchev–Trinajstić information content (AvgIpc) is 2.66. The van der Waals surface area contributed by atoms with E-state index in [1.165, 1.54) is 29.2 Å². The molecule has 19 heavy (non-hydrogen) atoms. The van der Waals surface area contributed by atoms with Gasteiger partial charge in [0.25, 0.3) is 0 Å². The van der Waals surface area contributed by atoms with Crippen LogP contribution in [-0.2, 0) is 14.4 Å². The fraction of sp³-hybridized carbons (Fsp3) is 0.308. The number of carboxylic acids is 1. The van der Waals surface area contributed by atoms with E-state index in [9.17, 15) is 18.8 Å². The van der Waals surface area contributed by atoms with Crippen molar-refractivity contribution in [1.29, 1.82) is 0 Å². The van der Waals surface area contributed by atoms with Gasteiger partial charge in [0.15, 0.2) is 5.78 Å². The standard InChI is InChI=1S/C13H12FNO4/c14-9-3-1-8(2-4-9)11(6-13(18)19)15-7-10(16)5-12(15)17/h1-4,11H,5-7H2,(H,18,19). The van der Waals surface area contributed by atoms with Crippen LogP contribution in [0, 0.1) is 5.82 Å². The Labute approximate surface area is 108 Å². The molecule has 0 spiro atoms. The van der Waals surface area contributed by atoms with E-state index in [0.717, 1.165) is 0 Å². The third-order valence-electron chi connectivity index (χ3n) is 3.01. The summed E-state index contributed by atoms with van der Waals surface area (Å²) >= 11 is 0. The molecule has 1 saturated heterocycles. The summed E-state index contributed by atoms with van der Waals surface area (Å²) in [6.45, 7) is -0.0891. The quantitative estimate of drug-likeness (QED) is 0.828. The molecule has 1 aromatic carbocycles. The molecule has 1 amide bonds. The van der Waals surface area contributed by atoms with Crippen LogP contribution in [0.15, 0.2) is 24.3 Å². The van der Waals surface area contributed by atoms with Gasteiger partial charge in [-0.15, -0.1) is 0 Å². The highest BCUT2D eigenvalue weighted by atomic mass is 19.1. The van der Waals surface area contributed by atoms with E-state index in [1.807, 2.05) is 0 Å². The Bertz CT molecular complexity index is 526. The number of benzene rings is 1. The van der Waals surface area contributed by atoms with Crippen molar-refractivity contribution >= 4 is 17.7 Å². The Kier molecular flexibility index (Phi) is 3.59. The highest BCUT2D eigenvalue weighted by Gasteiger charge is 2.34. The van der Waals surface area contributed by atoms with Gasteiger partial charge < -0.3 is 10.0 Å². The van der Waals surface area contributed by atoms with Gasteiger partial charge in [-0.3, -0.25) is 14.4 Å². The summed E-state index contributed by atoms with van der Waals surface area (Å²) in [5, 5.41) is 8.92. The minimum absolute atomic E-state index is 0.0891. The number of hydrogen-bond acceptors (Lipinski definition) is 3. The van der Waals surface area contributed by atoms with Gasteiger partial charge in [-0.05, 0) is 17.7 Å². The Balaban J connectivity index is 2.30. The maximum atomic E-state index is 12.9. The van der Waals surface area contributed by atoms with Crippen molar-refractivity contribution in [3.63, 3.8) is 0 Å². The van der Waals surface area contributed by atoms with Gasteiger partial charge in [-0.1, -0.05) is 12.1 Å². The van der Waals surface area contributed by atoms with E-state index < -0.39 is 17.8 Å². The lowest BCUT2D eigenvalue weighted by Crippen LogP contribution is -2.32. The first-order valence-electron chi connectivity index (χ1n) is 5.76. The predicted molar refractivity (Wildman–Crippen MR) is 62.7 cm³/mol. The Morgan fingerprint density at radius 3 is 2.42 bits per heavy atom. The zero-order valence-corrected chi connectivity index (χ0v) is 10.0. The van der Waals surface area contributed by atoms with Crippen LogP contribution in [0.4, 0.5) is 4.39 Å². The molecule has 0 aromatic heterocycles. The number of ketones is 1. The fourth-order valence-electron chi connectivity index (χ4n) is 2.15. The summed E-state index contributed by atoms with van der Waals surface area (Å²) in [5.41, 5.74) is 0.506. The molecule has 2 rings (SSSR count). The lowest BCUT2D eigenvalue weighted by atomic mass is 10.0. The second-order valence-electron chi connectivity index (χ2n) is 4.40. The van der Waals surface area contributed by atoms with Gasteiger partial charge in [0, 0.05) is 0 Å². The lowest BCUT2D eigenvalue weighted by Gasteiger charge is -2.26. The van der Waals surface area contributed by atoms with E-state index in [4.69, 9.17) is 5.11 Å². The molecule has 0 saturated carbocycles. The summed E-state index contributed by atoms with van der Waals surface area (Å²) in [7, 11) is 0. The van der Waals surface area contributed by atoms with Crippen molar-refractivity contribution in [3.05, 3.63) is 35.6 Å². The van der Waals surface area contributed by atoms with Gasteiger partial charge in [-0.25, -0.2) is 4.39 Å².